The molecule has 0 bridgehead atoms. The molecule has 3 heteroatoms. The minimum Gasteiger partial charge on any atom is -0.456 e. The summed E-state index contributed by atoms with van der Waals surface area (Å²) in [6.07, 6.45) is 0. The second kappa shape index (κ2) is 11.5. The summed E-state index contributed by atoms with van der Waals surface area (Å²) in [5.74, 6) is 0.694. The summed E-state index contributed by atoms with van der Waals surface area (Å²) in [4.78, 5) is 10.6. The maximum Gasteiger partial charge on any atom is 0.160 e. The standard InChI is InChI=1S/C48H32N2O/c1-48(32-18-6-3-7-19-32)39-26-12-10-22-36(39)45-37(25-14-27-40(45)48)42-30-41(49-47(50-42)31-16-4-2-5-17-31)34-21-9-8-20-33(34)35-24-15-29-44-46(35)38-23-11-13-28-43(38)51-44/h2-30H,1H3. The lowest BCUT2D eigenvalue weighted by molar-refractivity contribution is 0.669. The molecule has 9 aromatic rings. The van der Waals surface area contributed by atoms with E-state index in [0.29, 0.717) is 5.82 Å². The molecular formula is C48H32N2O. The highest BCUT2D eigenvalue weighted by molar-refractivity contribution is 6.13. The van der Waals surface area contributed by atoms with Crippen molar-refractivity contribution >= 4 is 21.9 Å². The average Bonchev–Trinajstić information content (AvgIpc) is 3.72. The lowest BCUT2D eigenvalue weighted by Gasteiger charge is -2.28. The second-order valence-corrected chi connectivity index (χ2v) is 13.4. The van der Waals surface area contributed by atoms with Crippen molar-refractivity contribution < 1.29 is 4.42 Å². The van der Waals surface area contributed by atoms with Gasteiger partial charge in [0.2, 0.25) is 0 Å². The highest BCUT2D eigenvalue weighted by Gasteiger charge is 2.41. The van der Waals surface area contributed by atoms with Gasteiger partial charge in [0.05, 0.1) is 11.4 Å². The molecule has 7 aromatic carbocycles. The van der Waals surface area contributed by atoms with Crippen molar-refractivity contribution in [2.45, 2.75) is 12.3 Å². The van der Waals surface area contributed by atoms with E-state index < -0.39 is 0 Å². The minimum atomic E-state index is -0.306. The molecule has 0 saturated heterocycles. The summed E-state index contributed by atoms with van der Waals surface area (Å²) in [5, 5.41) is 2.21. The normalized spacial score (nSPS) is 14.8. The second-order valence-electron chi connectivity index (χ2n) is 13.4. The molecule has 51 heavy (non-hydrogen) atoms. The maximum absolute atomic E-state index is 6.31. The smallest absolute Gasteiger partial charge is 0.160 e. The summed E-state index contributed by atoms with van der Waals surface area (Å²) >= 11 is 0. The lowest BCUT2D eigenvalue weighted by atomic mass is 9.74. The van der Waals surface area contributed by atoms with Gasteiger partial charge in [0.1, 0.15) is 11.2 Å². The Morgan fingerprint density at radius 3 is 1.84 bits per heavy atom. The van der Waals surface area contributed by atoms with Crippen LogP contribution in [0, 0.1) is 0 Å². The van der Waals surface area contributed by atoms with Crippen LogP contribution in [0.5, 0.6) is 0 Å². The first kappa shape index (κ1) is 29.3. The first-order valence-electron chi connectivity index (χ1n) is 17.4. The molecule has 2 aromatic heterocycles. The number of hydrogen-bond acceptors (Lipinski definition) is 3. The fourth-order valence-electron chi connectivity index (χ4n) is 8.22. The molecule has 0 aliphatic heterocycles. The van der Waals surface area contributed by atoms with E-state index in [9.17, 15) is 0 Å². The van der Waals surface area contributed by atoms with Gasteiger partial charge in [-0.3, -0.25) is 0 Å². The van der Waals surface area contributed by atoms with Crippen molar-refractivity contribution in [3.63, 3.8) is 0 Å². The summed E-state index contributed by atoms with van der Waals surface area (Å²) < 4.78 is 6.31. The van der Waals surface area contributed by atoms with Crippen molar-refractivity contribution in [2.75, 3.05) is 0 Å². The molecule has 0 N–H and O–H groups in total. The SMILES string of the molecule is CC1(c2ccccc2)c2ccccc2-c2c(-c3cc(-c4ccccc4-c4cccc5oc6ccccc6c45)nc(-c4ccccc4)n3)cccc21. The van der Waals surface area contributed by atoms with Crippen molar-refractivity contribution in [2.24, 2.45) is 0 Å². The van der Waals surface area contributed by atoms with Crippen LogP contribution in [0.25, 0.3) is 78.1 Å². The Hall–Kier alpha value is -6.58. The van der Waals surface area contributed by atoms with Gasteiger partial charge in [0.25, 0.3) is 0 Å². The zero-order chi connectivity index (χ0) is 33.9. The Kier molecular flexibility index (Phi) is 6.62. The quantitative estimate of drug-likeness (QED) is 0.186. The third-order valence-electron chi connectivity index (χ3n) is 10.6. The Morgan fingerprint density at radius 1 is 0.451 bits per heavy atom. The number of nitrogens with zero attached hydrogens (tertiary/aromatic N) is 2. The molecule has 1 aliphatic rings. The van der Waals surface area contributed by atoms with Gasteiger partial charge in [-0.25, -0.2) is 9.97 Å². The van der Waals surface area contributed by atoms with Crippen molar-refractivity contribution in [3.05, 3.63) is 193 Å². The molecule has 0 fully saturated rings. The molecular weight excluding hydrogens is 621 g/mol. The topological polar surface area (TPSA) is 38.9 Å². The maximum atomic E-state index is 6.31. The molecule has 0 radical (unpaired) electrons. The highest BCUT2D eigenvalue weighted by atomic mass is 16.3. The molecule has 0 saturated carbocycles. The number of benzene rings is 7. The van der Waals surface area contributed by atoms with Gasteiger partial charge in [0, 0.05) is 32.9 Å². The van der Waals surface area contributed by atoms with Crippen LogP contribution in [-0.2, 0) is 5.41 Å². The molecule has 2 heterocycles. The van der Waals surface area contributed by atoms with Crippen LogP contribution in [0.3, 0.4) is 0 Å². The summed E-state index contributed by atoms with van der Waals surface area (Å²) in [6.45, 7) is 2.36. The van der Waals surface area contributed by atoms with Gasteiger partial charge in [-0.05, 0) is 64.1 Å². The van der Waals surface area contributed by atoms with Gasteiger partial charge in [-0.2, -0.15) is 0 Å². The van der Waals surface area contributed by atoms with Crippen molar-refractivity contribution in [1.29, 1.82) is 0 Å². The van der Waals surface area contributed by atoms with Crippen LogP contribution < -0.4 is 0 Å². The van der Waals surface area contributed by atoms with Crippen LogP contribution in [0.4, 0.5) is 0 Å². The number of furan rings is 1. The lowest BCUT2D eigenvalue weighted by Crippen LogP contribution is -2.22. The van der Waals surface area contributed by atoms with Crippen LogP contribution >= 0.6 is 0 Å². The molecule has 10 rings (SSSR count). The number of fused-ring (bicyclic) bond motifs is 6. The van der Waals surface area contributed by atoms with E-state index >= 15 is 0 Å². The minimum absolute atomic E-state index is 0.306. The number of para-hydroxylation sites is 1. The van der Waals surface area contributed by atoms with E-state index in [0.717, 1.165) is 61.1 Å². The van der Waals surface area contributed by atoms with Gasteiger partial charge in [-0.15, -0.1) is 0 Å². The molecule has 1 aliphatic carbocycles. The van der Waals surface area contributed by atoms with Crippen LogP contribution in [-0.4, -0.2) is 9.97 Å². The fourth-order valence-corrected chi connectivity index (χ4v) is 8.22. The number of rotatable bonds is 5. The molecule has 0 amide bonds. The fraction of sp³-hybridized carbons (Fsp3) is 0.0417. The van der Waals surface area contributed by atoms with Crippen molar-refractivity contribution in [3.8, 4) is 56.2 Å². The molecule has 1 atom stereocenters. The summed E-state index contributed by atoms with van der Waals surface area (Å²) in [6, 6.07) is 62.0. The Morgan fingerprint density at radius 2 is 1.02 bits per heavy atom. The molecule has 240 valence electrons. The predicted octanol–water partition coefficient (Wildman–Crippen LogP) is 12.4. The van der Waals surface area contributed by atoms with E-state index in [-0.39, 0.29) is 5.41 Å². The third kappa shape index (κ3) is 4.52. The van der Waals surface area contributed by atoms with E-state index in [2.05, 4.69) is 153 Å². The van der Waals surface area contributed by atoms with Gasteiger partial charge >= 0.3 is 0 Å². The van der Waals surface area contributed by atoms with E-state index in [1.54, 1.807) is 0 Å². The van der Waals surface area contributed by atoms with E-state index in [1.807, 2.05) is 30.3 Å². The largest absolute Gasteiger partial charge is 0.456 e. The number of aromatic nitrogens is 2. The first-order chi connectivity index (χ1) is 25.2. The average molecular weight is 653 g/mol. The third-order valence-corrected chi connectivity index (χ3v) is 10.6. The zero-order valence-electron chi connectivity index (χ0n) is 28.0. The first-order valence-corrected chi connectivity index (χ1v) is 17.4. The summed E-state index contributed by atoms with van der Waals surface area (Å²) in [7, 11) is 0. The van der Waals surface area contributed by atoms with Gasteiger partial charge < -0.3 is 4.42 Å². The Labute approximate surface area is 296 Å². The Balaban J connectivity index is 1.23. The summed E-state index contributed by atoms with van der Waals surface area (Å²) in [5.41, 5.74) is 14.9. The van der Waals surface area contributed by atoms with Crippen LogP contribution in [0.2, 0.25) is 0 Å². The molecule has 3 nitrogen and oxygen atoms in total. The monoisotopic (exact) mass is 652 g/mol. The molecule has 1 unspecified atom stereocenters. The highest BCUT2D eigenvalue weighted by Crippen LogP contribution is 2.55. The Bertz CT molecular complexity index is 2760. The van der Waals surface area contributed by atoms with Gasteiger partial charge in [0.15, 0.2) is 5.82 Å². The molecule has 0 spiro atoms. The van der Waals surface area contributed by atoms with E-state index in [1.165, 1.54) is 27.8 Å². The predicted molar refractivity (Wildman–Crippen MR) is 208 cm³/mol. The van der Waals surface area contributed by atoms with Gasteiger partial charge in [-0.1, -0.05) is 158 Å². The van der Waals surface area contributed by atoms with E-state index in [4.69, 9.17) is 14.4 Å². The zero-order valence-corrected chi connectivity index (χ0v) is 28.0. The van der Waals surface area contributed by atoms with Crippen molar-refractivity contribution in [1.82, 2.24) is 9.97 Å². The van der Waals surface area contributed by atoms with Crippen LogP contribution in [0.1, 0.15) is 23.6 Å². The number of hydrogen-bond donors (Lipinski definition) is 0. The van der Waals surface area contributed by atoms with Crippen LogP contribution in [0.15, 0.2) is 180 Å².